The molecular formula is C18H30O8S. The first-order valence-corrected chi connectivity index (χ1v) is 10.3. The van der Waals surface area contributed by atoms with Crippen LogP contribution >= 0.6 is 11.8 Å². The van der Waals surface area contributed by atoms with Crippen LogP contribution in [0.3, 0.4) is 0 Å². The summed E-state index contributed by atoms with van der Waals surface area (Å²) < 4.78 is 24.6. The quantitative estimate of drug-likeness (QED) is 0.512. The van der Waals surface area contributed by atoms with Gasteiger partial charge in [-0.2, -0.15) is 11.8 Å². The van der Waals surface area contributed by atoms with Gasteiger partial charge in [0.15, 0.2) is 0 Å². The lowest BCUT2D eigenvalue weighted by Crippen LogP contribution is -2.15. The van der Waals surface area contributed by atoms with Crippen LogP contribution in [0, 0.1) is 0 Å². The fraction of sp³-hybridized carbons (Fsp3) is 0.833. The van der Waals surface area contributed by atoms with Crippen LogP contribution in [-0.4, -0.2) is 74.2 Å². The highest BCUT2D eigenvalue weighted by Crippen LogP contribution is 2.19. The van der Waals surface area contributed by atoms with Gasteiger partial charge in [0.25, 0.3) is 0 Å². The number of thioether (sulfide) groups is 1. The van der Waals surface area contributed by atoms with Crippen molar-refractivity contribution in [1.29, 1.82) is 0 Å². The van der Waals surface area contributed by atoms with E-state index in [0.29, 0.717) is 13.2 Å². The Kier molecular flexibility index (Phi) is 12.1. The van der Waals surface area contributed by atoms with E-state index in [4.69, 9.17) is 23.7 Å². The van der Waals surface area contributed by atoms with Crippen molar-refractivity contribution in [2.45, 2.75) is 58.3 Å². The standard InChI is InChI=1S/2C6H10O3.C6H10O2S/c2*1-5(7)9-6-2-3-8-4-6;1-5(7)8-6-2-3-9-4-6/h3*6H,2-4H2,1H3/t2*6-;/m10./s1. The summed E-state index contributed by atoms with van der Waals surface area (Å²) in [4.78, 5) is 31.0. The first kappa shape index (κ1) is 23.7. The van der Waals surface area contributed by atoms with Crippen LogP contribution in [0.2, 0.25) is 0 Å². The van der Waals surface area contributed by atoms with E-state index in [1.807, 2.05) is 11.8 Å². The number of carbonyl (C=O) groups excluding carboxylic acids is 3. The second kappa shape index (κ2) is 13.8. The summed E-state index contributed by atoms with van der Waals surface area (Å²) in [6.45, 7) is 6.87. The van der Waals surface area contributed by atoms with Crippen LogP contribution < -0.4 is 0 Å². The van der Waals surface area contributed by atoms with E-state index in [0.717, 1.165) is 44.0 Å². The zero-order chi connectivity index (χ0) is 20.1. The minimum Gasteiger partial charge on any atom is -0.462 e. The molecule has 1 unspecified atom stereocenters. The van der Waals surface area contributed by atoms with Crippen molar-refractivity contribution in [1.82, 2.24) is 0 Å². The third-order valence-electron chi connectivity index (χ3n) is 3.66. The lowest BCUT2D eigenvalue weighted by molar-refractivity contribution is -0.147. The van der Waals surface area contributed by atoms with Gasteiger partial charge in [-0.05, 0) is 12.2 Å². The Morgan fingerprint density at radius 2 is 1.19 bits per heavy atom. The highest BCUT2D eigenvalue weighted by atomic mass is 32.2. The Bertz CT molecular complexity index is 386. The molecule has 27 heavy (non-hydrogen) atoms. The van der Waals surface area contributed by atoms with E-state index >= 15 is 0 Å². The largest absolute Gasteiger partial charge is 0.462 e. The van der Waals surface area contributed by atoms with Crippen LogP contribution in [0.1, 0.15) is 40.0 Å². The first-order chi connectivity index (χ1) is 12.9. The summed E-state index contributed by atoms with van der Waals surface area (Å²) in [5, 5.41) is 0. The molecule has 0 aromatic heterocycles. The van der Waals surface area contributed by atoms with Crippen LogP contribution in [0.4, 0.5) is 0 Å². The summed E-state index contributed by atoms with van der Waals surface area (Å²) in [6, 6.07) is 0. The van der Waals surface area contributed by atoms with Crippen LogP contribution in [-0.2, 0) is 38.1 Å². The average Bonchev–Trinajstić information content (AvgIpc) is 3.30. The molecule has 3 rings (SSSR count). The van der Waals surface area contributed by atoms with Crippen molar-refractivity contribution >= 4 is 29.7 Å². The molecule has 3 aliphatic heterocycles. The topological polar surface area (TPSA) is 97.4 Å². The maximum absolute atomic E-state index is 10.4. The molecule has 0 N–H and O–H groups in total. The number of hydrogen-bond acceptors (Lipinski definition) is 9. The van der Waals surface area contributed by atoms with Gasteiger partial charge < -0.3 is 23.7 Å². The van der Waals surface area contributed by atoms with E-state index in [9.17, 15) is 14.4 Å². The zero-order valence-electron chi connectivity index (χ0n) is 16.3. The van der Waals surface area contributed by atoms with Gasteiger partial charge in [-0.3, -0.25) is 14.4 Å². The predicted molar refractivity (Wildman–Crippen MR) is 99.5 cm³/mol. The van der Waals surface area contributed by atoms with E-state index in [-0.39, 0.29) is 36.2 Å². The molecule has 0 spiro atoms. The number of ether oxygens (including phenoxy) is 5. The molecule has 3 heterocycles. The maximum atomic E-state index is 10.4. The summed E-state index contributed by atoms with van der Waals surface area (Å²) in [5.74, 6) is 1.54. The van der Waals surface area contributed by atoms with E-state index in [1.54, 1.807) is 0 Å². The molecule has 0 bridgehead atoms. The monoisotopic (exact) mass is 406 g/mol. The summed E-state index contributed by atoms with van der Waals surface area (Å²) >= 11 is 1.85. The second-order valence-corrected chi connectivity index (χ2v) is 7.43. The van der Waals surface area contributed by atoms with Crippen LogP contribution in [0.15, 0.2) is 0 Å². The Balaban J connectivity index is 0.000000202. The average molecular weight is 406 g/mol. The lowest BCUT2D eigenvalue weighted by atomic mass is 10.3. The third-order valence-corrected chi connectivity index (χ3v) is 4.79. The Morgan fingerprint density at radius 3 is 1.48 bits per heavy atom. The molecule has 3 saturated heterocycles. The molecule has 3 aliphatic rings. The minimum atomic E-state index is -0.217. The smallest absolute Gasteiger partial charge is 0.302 e. The molecule has 0 aliphatic carbocycles. The number of hydrogen-bond donors (Lipinski definition) is 0. The Hall–Kier alpha value is -1.32. The zero-order valence-corrected chi connectivity index (χ0v) is 17.1. The van der Waals surface area contributed by atoms with Crippen molar-refractivity contribution in [3.63, 3.8) is 0 Å². The van der Waals surface area contributed by atoms with Gasteiger partial charge in [-0.25, -0.2) is 0 Å². The molecular weight excluding hydrogens is 376 g/mol. The van der Waals surface area contributed by atoms with Gasteiger partial charge in [-0.1, -0.05) is 0 Å². The van der Waals surface area contributed by atoms with Gasteiger partial charge in [0.1, 0.15) is 18.3 Å². The van der Waals surface area contributed by atoms with Crippen LogP contribution in [0.25, 0.3) is 0 Å². The molecule has 0 saturated carbocycles. The van der Waals surface area contributed by atoms with Crippen LogP contribution in [0.5, 0.6) is 0 Å². The molecule has 3 atom stereocenters. The van der Waals surface area contributed by atoms with Crippen molar-refractivity contribution in [3.8, 4) is 0 Å². The summed E-state index contributed by atoms with van der Waals surface area (Å²) in [7, 11) is 0. The normalized spacial score (nSPS) is 26.1. The lowest BCUT2D eigenvalue weighted by Gasteiger charge is -2.06. The molecule has 9 heteroatoms. The van der Waals surface area contributed by atoms with E-state index < -0.39 is 0 Å². The van der Waals surface area contributed by atoms with E-state index in [2.05, 4.69) is 0 Å². The number of esters is 3. The predicted octanol–water partition coefficient (Wildman–Crippen LogP) is 1.73. The first-order valence-electron chi connectivity index (χ1n) is 9.11. The van der Waals surface area contributed by atoms with Gasteiger partial charge in [0, 0.05) is 39.4 Å². The fourth-order valence-electron chi connectivity index (χ4n) is 2.52. The van der Waals surface area contributed by atoms with Crippen molar-refractivity contribution < 1.29 is 38.1 Å². The summed E-state index contributed by atoms with van der Waals surface area (Å²) in [6.07, 6.45) is 2.96. The van der Waals surface area contributed by atoms with Gasteiger partial charge in [0.2, 0.25) is 0 Å². The van der Waals surface area contributed by atoms with E-state index in [1.165, 1.54) is 20.8 Å². The fourth-order valence-corrected chi connectivity index (χ4v) is 3.62. The van der Waals surface area contributed by atoms with Gasteiger partial charge >= 0.3 is 17.9 Å². The highest BCUT2D eigenvalue weighted by molar-refractivity contribution is 7.99. The highest BCUT2D eigenvalue weighted by Gasteiger charge is 2.18. The molecule has 0 radical (unpaired) electrons. The second-order valence-electron chi connectivity index (χ2n) is 6.29. The Labute approximate surface area is 164 Å². The third kappa shape index (κ3) is 12.6. The molecule has 0 amide bonds. The number of rotatable bonds is 3. The van der Waals surface area contributed by atoms with Crippen molar-refractivity contribution in [2.75, 3.05) is 37.9 Å². The molecule has 3 fully saturated rings. The van der Waals surface area contributed by atoms with Gasteiger partial charge in [0.05, 0.1) is 26.4 Å². The molecule has 8 nitrogen and oxygen atoms in total. The SMILES string of the molecule is CC(=O)OC1CCSC1.CC(=O)O[C@@H]1CCOC1.CC(=O)O[C@H]1CCOC1. The Morgan fingerprint density at radius 1 is 0.741 bits per heavy atom. The summed E-state index contributed by atoms with van der Waals surface area (Å²) in [5.41, 5.74) is 0. The van der Waals surface area contributed by atoms with Crippen molar-refractivity contribution in [2.24, 2.45) is 0 Å². The van der Waals surface area contributed by atoms with Gasteiger partial charge in [-0.15, -0.1) is 0 Å². The molecule has 0 aromatic rings. The molecule has 156 valence electrons. The minimum absolute atomic E-state index is 0.0162. The molecule has 0 aromatic carbocycles. The number of carbonyl (C=O) groups is 3. The van der Waals surface area contributed by atoms with Crippen molar-refractivity contribution in [3.05, 3.63) is 0 Å². The maximum Gasteiger partial charge on any atom is 0.302 e.